The zero-order valence-electron chi connectivity index (χ0n) is 21.9. The number of carbonyl (C=O) groups is 1. The van der Waals surface area contributed by atoms with Crippen molar-refractivity contribution < 1.29 is 15.0 Å². The van der Waals surface area contributed by atoms with Crippen LogP contribution in [-0.4, -0.2) is 39.2 Å². The molecule has 1 atom stereocenters. The van der Waals surface area contributed by atoms with Gasteiger partial charge in [-0.15, -0.1) is 0 Å². The lowest BCUT2D eigenvalue weighted by Crippen LogP contribution is -2.62. The summed E-state index contributed by atoms with van der Waals surface area (Å²) in [7, 11) is 2.14. The number of benzene rings is 1. The first kappa shape index (κ1) is 25.7. The van der Waals surface area contributed by atoms with Crippen molar-refractivity contribution in [3.05, 3.63) is 28.8 Å². The van der Waals surface area contributed by atoms with E-state index in [4.69, 9.17) is 0 Å². The van der Waals surface area contributed by atoms with Crippen LogP contribution in [0.3, 0.4) is 0 Å². The number of carboxylic acids is 1. The zero-order valence-corrected chi connectivity index (χ0v) is 21.9. The van der Waals surface area contributed by atoms with Crippen LogP contribution in [0.5, 0.6) is 5.75 Å². The van der Waals surface area contributed by atoms with Gasteiger partial charge < -0.3 is 10.2 Å². The average molecular weight is 432 g/mol. The van der Waals surface area contributed by atoms with Crippen molar-refractivity contribution in [2.24, 2.45) is 5.92 Å². The predicted octanol–water partition coefficient (Wildman–Crippen LogP) is 6.23. The highest BCUT2D eigenvalue weighted by molar-refractivity contribution is 5.82. The van der Waals surface area contributed by atoms with Gasteiger partial charge >= 0.3 is 5.97 Å². The second kappa shape index (κ2) is 7.50. The average Bonchev–Trinajstić information content (AvgIpc) is 2.56. The number of likely N-dealkylation sites (tertiary alicyclic amines) is 1. The Hall–Kier alpha value is -1.55. The Bertz CT molecular complexity index is 801. The lowest BCUT2D eigenvalue weighted by atomic mass is 9.60. The molecule has 31 heavy (non-hydrogen) atoms. The largest absolute Gasteiger partial charge is 0.507 e. The minimum Gasteiger partial charge on any atom is -0.507 e. The normalized spacial score (nSPS) is 22.2. The van der Waals surface area contributed by atoms with Crippen molar-refractivity contribution >= 4 is 5.97 Å². The van der Waals surface area contributed by atoms with Crippen LogP contribution in [0.1, 0.15) is 106 Å². The predicted molar refractivity (Wildman–Crippen MR) is 129 cm³/mol. The van der Waals surface area contributed by atoms with Gasteiger partial charge in [-0.3, -0.25) is 9.69 Å². The molecule has 0 aliphatic carbocycles. The molecule has 1 aromatic rings. The molecule has 1 unspecified atom stereocenters. The SMILES string of the molecule is CN1C(C)(C)CC(C(C)(C(=O)O)c2cc(C(C)(C)C)c(O)c(C(C)(C)C)c2)CC1(C)C. The first-order valence-electron chi connectivity index (χ1n) is 11.5. The van der Waals surface area contributed by atoms with Crippen LogP contribution >= 0.6 is 0 Å². The minimum atomic E-state index is -1.05. The summed E-state index contributed by atoms with van der Waals surface area (Å²) in [5, 5.41) is 21.8. The van der Waals surface area contributed by atoms with Gasteiger partial charge in [-0.2, -0.15) is 0 Å². The maximum Gasteiger partial charge on any atom is 0.314 e. The van der Waals surface area contributed by atoms with Crippen molar-refractivity contribution in [2.75, 3.05) is 7.05 Å². The fraction of sp³-hybridized carbons (Fsp3) is 0.741. The second-order valence-electron chi connectivity index (χ2n) is 13.2. The fourth-order valence-electron chi connectivity index (χ4n) is 5.39. The zero-order chi connectivity index (χ0) is 24.4. The molecular weight excluding hydrogens is 386 g/mol. The van der Waals surface area contributed by atoms with Gasteiger partial charge in [-0.1, -0.05) is 53.7 Å². The van der Waals surface area contributed by atoms with Gasteiger partial charge in [0, 0.05) is 11.1 Å². The van der Waals surface area contributed by atoms with Crippen molar-refractivity contribution in [3.8, 4) is 5.75 Å². The maximum atomic E-state index is 13.0. The second-order valence-corrected chi connectivity index (χ2v) is 13.2. The van der Waals surface area contributed by atoms with E-state index >= 15 is 0 Å². The monoisotopic (exact) mass is 431 g/mol. The number of hydrogen-bond acceptors (Lipinski definition) is 3. The first-order valence-corrected chi connectivity index (χ1v) is 11.5. The highest BCUT2D eigenvalue weighted by Crippen LogP contribution is 2.50. The highest BCUT2D eigenvalue weighted by atomic mass is 16.4. The van der Waals surface area contributed by atoms with E-state index in [1.165, 1.54) is 0 Å². The third-order valence-electron chi connectivity index (χ3n) is 7.89. The smallest absolute Gasteiger partial charge is 0.314 e. The molecule has 1 aliphatic rings. The molecule has 2 N–H and O–H groups in total. The summed E-state index contributed by atoms with van der Waals surface area (Å²) in [5.74, 6) is -0.532. The standard InChI is InChI=1S/C27H45NO3/c1-23(2,3)19-13-17(14-20(21(19)29)24(4,5)6)27(11,22(30)31)18-15-25(7,8)28(12)26(9,10)16-18/h13-14,18,29H,15-16H2,1-12H3,(H,30,31). The van der Waals surface area contributed by atoms with Crippen LogP contribution in [0.4, 0.5) is 0 Å². The Morgan fingerprint density at radius 3 is 1.55 bits per heavy atom. The molecule has 0 saturated carbocycles. The summed E-state index contributed by atoms with van der Waals surface area (Å²) in [6.07, 6.45) is 1.60. The molecule has 1 aromatic carbocycles. The molecule has 1 fully saturated rings. The molecule has 0 bridgehead atoms. The molecule has 4 nitrogen and oxygen atoms in total. The highest BCUT2D eigenvalue weighted by Gasteiger charge is 2.53. The van der Waals surface area contributed by atoms with Gasteiger partial charge in [-0.05, 0) is 87.9 Å². The van der Waals surface area contributed by atoms with E-state index in [0.29, 0.717) is 5.75 Å². The number of aromatic hydroxyl groups is 1. The van der Waals surface area contributed by atoms with Crippen molar-refractivity contribution in [1.29, 1.82) is 0 Å². The Morgan fingerprint density at radius 1 is 0.903 bits per heavy atom. The van der Waals surface area contributed by atoms with Gasteiger partial charge in [0.2, 0.25) is 0 Å². The molecule has 2 rings (SSSR count). The van der Waals surface area contributed by atoms with E-state index in [9.17, 15) is 15.0 Å². The van der Waals surface area contributed by atoms with Crippen LogP contribution in [0.2, 0.25) is 0 Å². The van der Waals surface area contributed by atoms with Gasteiger partial charge in [-0.25, -0.2) is 0 Å². The van der Waals surface area contributed by atoms with Crippen LogP contribution in [0, 0.1) is 5.92 Å². The maximum absolute atomic E-state index is 13.0. The van der Waals surface area contributed by atoms with Crippen molar-refractivity contribution in [2.45, 2.75) is 116 Å². The van der Waals surface area contributed by atoms with Gasteiger partial charge in [0.25, 0.3) is 0 Å². The first-order chi connectivity index (χ1) is 13.7. The number of hydrogen-bond donors (Lipinski definition) is 2. The van der Waals surface area contributed by atoms with E-state index in [1.807, 2.05) is 19.1 Å². The minimum absolute atomic E-state index is 0.0311. The van der Waals surface area contributed by atoms with E-state index < -0.39 is 11.4 Å². The van der Waals surface area contributed by atoms with Crippen LogP contribution < -0.4 is 0 Å². The molecule has 0 radical (unpaired) electrons. The fourth-order valence-corrected chi connectivity index (χ4v) is 5.39. The quantitative estimate of drug-likeness (QED) is 0.596. The van der Waals surface area contributed by atoms with E-state index in [2.05, 4.69) is 81.2 Å². The number of phenols is 1. The molecule has 0 amide bonds. The van der Waals surface area contributed by atoms with E-state index in [0.717, 1.165) is 29.5 Å². The molecular formula is C27H45NO3. The lowest BCUT2D eigenvalue weighted by Gasteiger charge is -2.56. The van der Waals surface area contributed by atoms with Gasteiger partial charge in [0.15, 0.2) is 0 Å². The van der Waals surface area contributed by atoms with Crippen LogP contribution in [-0.2, 0) is 21.0 Å². The van der Waals surface area contributed by atoms with Gasteiger partial charge in [0.1, 0.15) is 5.75 Å². The number of rotatable bonds is 3. The topological polar surface area (TPSA) is 60.8 Å². The molecule has 1 heterocycles. The number of nitrogens with zero attached hydrogens (tertiary/aromatic N) is 1. The molecule has 176 valence electrons. The number of aliphatic carboxylic acids is 1. The van der Waals surface area contributed by atoms with Crippen molar-refractivity contribution in [1.82, 2.24) is 4.90 Å². The number of piperidine rings is 1. The molecule has 0 spiro atoms. The van der Waals surface area contributed by atoms with Crippen LogP contribution in [0.15, 0.2) is 12.1 Å². The Labute approximate surface area is 190 Å². The van der Waals surface area contributed by atoms with E-state index in [-0.39, 0.29) is 27.8 Å². The Balaban J connectivity index is 2.81. The third-order valence-corrected chi connectivity index (χ3v) is 7.89. The summed E-state index contributed by atoms with van der Waals surface area (Å²) >= 11 is 0. The molecule has 1 aliphatic heterocycles. The summed E-state index contributed by atoms with van der Waals surface area (Å²) < 4.78 is 0. The van der Waals surface area contributed by atoms with Gasteiger partial charge in [0.05, 0.1) is 5.41 Å². The lowest BCUT2D eigenvalue weighted by molar-refractivity contribution is -0.149. The number of phenolic OH excluding ortho intramolecular Hbond substituents is 1. The Morgan fingerprint density at radius 2 is 1.26 bits per heavy atom. The summed E-state index contributed by atoms with van der Waals surface area (Å²) in [5.41, 5.74) is 0.551. The van der Waals surface area contributed by atoms with Crippen molar-refractivity contribution in [3.63, 3.8) is 0 Å². The summed E-state index contributed by atoms with van der Waals surface area (Å²) in [4.78, 5) is 15.3. The number of carboxylic acid groups (broad SMARTS) is 1. The molecule has 4 heteroatoms. The van der Waals surface area contributed by atoms with E-state index in [1.54, 1.807) is 0 Å². The summed E-state index contributed by atoms with van der Waals surface area (Å²) in [6, 6.07) is 3.91. The molecule has 0 aromatic heterocycles. The van der Waals surface area contributed by atoms with Crippen LogP contribution in [0.25, 0.3) is 0 Å². The summed E-state index contributed by atoms with van der Waals surface area (Å²) in [6.45, 7) is 23.1. The molecule has 1 saturated heterocycles. The Kier molecular flexibility index (Phi) is 6.22. The third kappa shape index (κ3) is 4.51.